The molecule has 7 rings (SSSR count). The predicted octanol–water partition coefficient (Wildman–Crippen LogP) is 6.79. The zero-order valence-electron chi connectivity index (χ0n) is 25.9. The quantitative estimate of drug-likeness (QED) is 0.0974. The normalized spacial score (nSPS) is 29.6. The van der Waals surface area contributed by atoms with E-state index in [1.807, 2.05) is 49.3 Å². The second-order valence-corrected chi connectivity index (χ2v) is 14.5. The highest BCUT2D eigenvalue weighted by Crippen LogP contribution is 2.65. The molecule has 4 aliphatic rings. The average Bonchev–Trinajstić information content (AvgIpc) is 3.42. The summed E-state index contributed by atoms with van der Waals surface area (Å²) in [5, 5.41) is 18.6. The summed E-state index contributed by atoms with van der Waals surface area (Å²) in [6.07, 6.45) is 2.02. The number of phenols is 1. The first-order valence-corrected chi connectivity index (χ1v) is 17.2. The first-order chi connectivity index (χ1) is 22.9. The van der Waals surface area contributed by atoms with E-state index < -0.39 is 51.1 Å². The number of allylic oxidation sites excluding steroid dienone is 2. The lowest BCUT2D eigenvalue weighted by Crippen LogP contribution is -2.60. The van der Waals surface area contributed by atoms with E-state index >= 15 is 0 Å². The molecule has 13 heteroatoms. The molecule has 3 aromatic rings. The molecule has 0 aromatic heterocycles. The molecule has 48 heavy (non-hydrogen) atoms. The van der Waals surface area contributed by atoms with Crippen LogP contribution in [0.1, 0.15) is 24.3 Å². The van der Waals surface area contributed by atoms with Crippen LogP contribution in [0.4, 0.5) is 22.7 Å². The Hall–Kier alpha value is -4.06. The van der Waals surface area contributed by atoms with Gasteiger partial charge in [-0.2, -0.15) is 10.2 Å². The van der Waals surface area contributed by atoms with Crippen molar-refractivity contribution in [3.8, 4) is 5.75 Å². The summed E-state index contributed by atoms with van der Waals surface area (Å²) >= 11 is 17.7. The Morgan fingerprint density at radius 2 is 1.46 bits per heavy atom. The molecule has 2 aliphatic heterocycles. The van der Waals surface area contributed by atoms with Gasteiger partial charge in [-0.05, 0) is 85.0 Å². The van der Waals surface area contributed by atoms with E-state index in [9.17, 15) is 24.3 Å². The molecule has 1 N–H and O–H groups in total. The second-order valence-electron chi connectivity index (χ2n) is 12.7. The van der Waals surface area contributed by atoms with E-state index in [2.05, 4.69) is 26.2 Å². The van der Waals surface area contributed by atoms with Gasteiger partial charge in [0.05, 0.1) is 34.4 Å². The number of amides is 4. The number of carbonyl (C=O) groups excluding carboxylic acids is 4. The summed E-state index contributed by atoms with van der Waals surface area (Å²) in [5.41, 5.74) is 3.80. The summed E-state index contributed by atoms with van der Waals surface area (Å²) in [5.74, 6) is -5.07. The minimum atomic E-state index is -1.89. The lowest BCUT2D eigenvalue weighted by atomic mass is 9.56. The fourth-order valence-corrected chi connectivity index (χ4v) is 9.08. The van der Waals surface area contributed by atoms with Gasteiger partial charge in [0.15, 0.2) is 9.75 Å². The first-order valence-electron chi connectivity index (χ1n) is 15.4. The molecule has 0 spiro atoms. The summed E-state index contributed by atoms with van der Waals surface area (Å²) < 4.78 is 0. The monoisotopic (exact) mass is 749 g/mol. The molecule has 246 valence electrons. The number of fused-ring (bicyclic) bond motifs is 4. The number of carbonyl (C=O) groups is 4. The summed E-state index contributed by atoms with van der Waals surface area (Å²) in [6, 6.07) is 20.5. The first kappa shape index (κ1) is 32.5. The van der Waals surface area contributed by atoms with Crippen LogP contribution in [0.3, 0.4) is 0 Å². The van der Waals surface area contributed by atoms with Gasteiger partial charge >= 0.3 is 0 Å². The lowest BCUT2D eigenvalue weighted by Gasteiger charge is -2.50. The minimum Gasteiger partial charge on any atom is -0.508 e. The SMILES string of the molecule is CN(C)c1ccc(N=Nc2ccc(N3C(=O)[C@H]4[C@H](CC=C5[C@H]4C[C@@]4(Cl)C(=O)N(CBr)C(=O)[C@@]4(Cl)[C@H]5c4ccc(O)cc4)C3=O)cc2)cc1. The molecule has 0 bridgehead atoms. The zero-order valence-corrected chi connectivity index (χ0v) is 29.0. The summed E-state index contributed by atoms with van der Waals surface area (Å²) in [7, 11) is 3.91. The topological polar surface area (TPSA) is 123 Å². The molecular weight excluding hydrogens is 721 g/mol. The van der Waals surface area contributed by atoms with Crippen LogP contribution in [0.15, 0.2) is 94.7 Å². The Bertz CT molecular complexity index is 1900. The number of likely N-dealkylation sites (tertiary alicyclic amines) is 1. The maximum Gasteiger partial charge on any atom is 0.254 e. The van der Waals surface area contributed by atoms with Gasteiger partial charge in [0.1, 0.15) is 5.75 Å². The summed E-state index contributed by atoms with van der Waals surface area (Å²) in [4.78, 5) is 56.2. The standard InChI is InChI=1S/C35H30BrCl2N5O5/c1-41(2)22-9-5-20(6-10-22)39-40-21-7-11-23(12-8-21)43-30(45)26-16-15-25-27(28(26)31(43)46)17-34(37)32(47)42(18-36)33(48)35(34,38)29(25)19-3-13-24(44)14-4-19/h3-15,26-29,44H,16-18H2,1-2H3/t26-,27+,28-,29-,34+,35-/m0/s1. The van der Waals surface area contributed by atoms with Crippen molar-refractivity contribution in [1.29, 1.82) is 0 Å². The third-order valence-corrected chi connectivity index (χ3v) is 11.9. The lowest BCUT2D eigenvalue weighted by molar-refractivity contribution is -0.138. The van der Waals surface area contributed by atoms with E-state index in [1.54, 1.807) is 36.4 Å². The van der Waals surface area contributed by atoms with Gasteiger partial charge in [-0.15, -0.1) is 23.2 Å². The van der Waals surface area contributed by atoms with E-state index in [0.29, 0.717) is 28.2 Å². The molecule has 3 aromatic carbocycles. The number of alkyl halides is 3. The van der Waals surface area contributed by atoms with Crippen LogP contribution in [0.25, 0.3) is 0 Å². The number of benzene rings is 3. The molecule has 6 atom stereocenters. The maximum atomic E-state index is 14.3. The van der Waals surface area contributed by atoms with Crippen molar-refractivity contribution < 1.29 is 24.3 Å². The predicted molar refractivity (Wildman–Crippen MR) is 185 cm³/mol. The highest BCUT2D eigenvalue weighted by Gasteiger charge is 2.76. The number of imide groups is 2. The Morgan fingerprint density at radius 1 is 0.854 bits per heavy atom. The third-order valence-electron chi connectivity index (χ3n) is 10.00. The smallest absolute Gasteiger partial charge is 0.254 e. The number of anilines is 2. The molecule has 4 amide bonds. The fourth-order valence-electron chi connectivity index (χ4n) is 7.65. The molecule has 1 saturated carbocycles. The van der Waals surface area contributed by atoms with Crippen LogP contribution < -0.4 is 9.80 Å². The number of halogens is 3. The highest BCUT2D eigenvalue weighted by atomic mass is 79.9. The van der Waals surface area contributed by atoms with Crippen LogP contribution in [0.5, 0.6) is 5.75 Å². The molecule has 10 nitrogen and oxygen atoms in total. The van der Waals surface area contributed by atoms with Crippen molar-refractivity contribution in [3.05, 3.63) is 90.0 Å². The van der Waals surface area contributed by atoms with Crippen molar-refractivity contribution >= 4 is 85.5 Å². The van der Waals surface area contributed by atoms with Crippen LogP contribution in [0, 0.1) is 17.8 Å². The number of aromatic hydroxyl groups is 1. The van der Waals surface area contributed by atoms with E-state index in [0.717, 1.165) is 10.6 Å². The number of hydrogen-bond acceptors (Lipinski definition) is 8. The van der Waals surface area contributed by atoms with Crippen molar-refractivity contribution in [1.82, 2.24) is 4.90 Å². The highest BCUT2D eigenvalue weighted by molar-refractivity contribution is 9.09. The van der Waals surface area contributed by atoms with Crippen LogP contribution in [-0.4, -0.2) is 62.9 Å². The van der Waals surface area contributed by atoms with Crippen molar-refractivity contribution in [2.75, 3.05) is 29.3 Å². The van der Waals surface area contributed by atoms with Crippen molar-refractivity contribution in [2.24, 2.45) is 28.0 Å². The van der Waals surface area contributed by atoms with Crippen molar-refractivity contribution in [3.63, 3.8) is 0 Å². The number of hydrogen-bond donors (Lipinski definition) is 1. The Kier molecular flexibility index (Phi) is 8.00. The number of azo groups is 1. The van der Waals surface area contributed by atoms with Gasteiger partial charge in [-0.3, -0.25) is 29.0 Å². The Morgan fingerprint density at radius 3 is 2.04 bits per heavy atom. The molecular formula is C35H30BrCl2N5O5. The van der Waals surface area contributed by atoms with Gasteiger partial charge in [-0.1, -0.05) is 39.7 Å². The van der Waals surface area contributed by atoms with E-state index in [4.69, 9.17) is 23.2 Å². The van der Waals surface area contributed by atoms with Crippen molar-refractivity contribution in [2.45, 2.75) is 28.5 Å². The largest absolute Gasteiger partial charge is 0.508 e. The molecule has 0 unspecified atom stereocenters. The molecule has 2 saturated heterocycles. The van der Waals surface area contributed by atoms with Gasteiger partial charge < -0.3 is 10.0 Å². The van der Waals surface area contributed by atoms with E-state index in [1.165, 1.54) is 17.0 Å². The third kappa shape index (κ3) is 4.73. The Labute approximate surface area is 295 Å². The van der Waals surface area contributed by atoms with Gasteiger partial charge in [0.2, 0.25) is 11.8 Å². The second kappa shape index (κ2) is 11.8. The molecule has 2 aliphatic carbocycles. The van der Waals surface area contributed by atoms with Crippen LogP contribution in [0.2, 0.25) is 0 Å². The van der Waals surface area contributed by atoms with Gasteiger partial charge in [-0.25, -0.2) is 0 Å². The molecule has 3 fully saturated rings. The van der Waals surface area contributed by atoms with Gasteiger partial charge in [0.25, 0.3) is 11.8 Å². The molecule has 2 heterocycles. The summed E-state index contributed by atoms with van der Waals surface area (Å²) in [6.45, 7) is 0. The zero-order chi connectivity index (χ0) is 34.1. The average molecular weight is 751 g/mol. The van der Waals surface area contributed by atoms with Gasteiger partial charge in [0, 0.05) is 25.7 Å². The van der Waals surface area contributed by atoms with Crippen LogP contribution in [-0.2, 0) is 19.2 Å². The number of phenolic OH excluding ortho intramolecular Hbond substituents is 1. The van der Waals surface area contributed by atoms with E-state index in [-0.39, 0.29) is 30.0 Å². The minimum absolute atomic E-state index is 0.0128. The number of rotatable bonds is 6. The Balaban J connectivity index is 1.21. The molecule has 0 radical (unpaired) electrons. The maximum absolute atomic E-state index is 14.3. The number of nitrogens with zero attached hydrogens (tertiary/aromatic N) is 5. The van der Waals surface area contributed by atoms with Crippen LogP contribution >= 0.6 is 39.1 Å². The fraction of sp³-hybridized carbons (Fsp3) is 0.314.